The van der Waals surface area contributed by atoms with Crippen molar-refractivity contribution in [2.45, 2.75) is 33.6 Å². The Morgan fingerprint density at radius 2 is 2.07 bits per heavy atom. The van der Waals surface area contributed by atoms with Crippen LogP contribution in [0, 0.1) is 16.0 Å². The van der Waals surface area contributed by atoms with Gasteiger partial charge in [-0.1, -0.05) is 33.3 Å². The third-order valence-corrected chi connectivity index (χ3v) is 2.36. The molecule has 0 bridgehead atoms. The molecule has 1 radical (unpaired) electrons. The van der Waals surface area contributed by atoms with Crippen molar-refractivity contribution >= 4 is 5.69 Å². The number of nitrogens with zero attached hydrogens (tertiary/aromatic N) is 1. The highest BCUT2D eigenvalue weighted by molar-refractivity contribution is 5.45. The van der Waals surface area contributed by atoms with E-state index in [1.165, 1.54) is 5.56 Å². The molecule has 0 fully saturated rings. The number of hydrogen-bond acceptors (Lipinski definition) is 2. The van der Waals surface area contributed by atoms with E-state index in [2.05, 4.69) is 6.92 Å². The Morgan fingerprint density at radius 3 is 2.53 bits per heavy atom. The van der Waals surface area contributed by atoms with Crippen LogP contribution in [0.25, 0.3) is 0 Å². The van der Waals surface area contributed by atoms with Gasteiger partial charge < -0.3 is 0 Å². The highest BCUT2D eigenvalue weighted by Gasteiger charge is 2.12. The van der Waals surface area contributed by atoms with Crippen molar-refractivity contribution in [2.75, 3.05) is 0 Å². The number of rotatable bonds is 4. The minimum atomic E-state index is -0.345. The third-order valence-electron chi connectivity index (χ3n) is 2.36. The molecule has 0 N–H and O–H groups in total. The third kappa shape index (κ3) is 2.78. The van der Waals surface area contributed by atoms with Gasteiger partial charge in [0.05, 0.1) is 4.92 Å². The molecule has 0 unspecified atom stereocenters. The maximum absolute atomic E-state index is 10.6. The Labute approximate surface area is 90.3 Å². The van der Waals surface area contributed by atoms with Gasteiger partial charge in [0.2, 0.25) is 0 Å². The molecule has 0 saturated carbocycles. The fourth-order valence-electron chi connectivity index (χ4n) is 1.63. The molecule has 1 aromatic carbocycles. The molecular weight excluding hydrogens is 190 g/mol. The van der Waals surface area contributed by atoms with Crippen LogP contribution in [0.5, 0.6) is 0 Å². The minimum Gasteiger partial charge on any atom is -0.258 e. The van der Waals surface area contributed by atoms with E-state index >= 15 is 0 Å². The Bertz CT molecular complexity index is 359. The van der Waals surface area contributed by atoms with E-state index in [0.29, 0.717) is 0 Å². The van der Waals surface area contributed by atoms with Crippen molar-refractivity contribution in [3.8, 4) is 0 Å². The lowest BCUT2D eigenvalue weighted by Gasteiger charge is -2.11. The molecule has 1 rings (SSSR count). The fraction of sp³-hybridized carbons (Fsp3) is 0.417. The van der Waals surface area contributed by atoms with Crippen molar-refractivity contribution in [3.05, 3.63) is 45.4 Å². The standard InChI is InChI=1S/C12H16NO2/c1-4-5-10-6-7-11(13(14)15)8-12(10)9(2)3/h6-8H,4-5H2,1-3H3. The Morgan fingerprint density at radius 1 is 1.40 bits per heavy atom. The van der Waals surface area contributed by atoms with E-state index in [9.17, 15) is 10.1 Å². The maximum atomic E-state index is 10.6. The summed E-state index contributed by atoms with van der Waals surface area (Å²) in [5.74, 6) is 1.13. The summed E-state index contributed by atoms with van der Waals surface area (Å²) in [7, 11) is 0. The second-order valence-corrected chi connectivity index (χ2v) is 3.85. The molecule has 0 aliphatic heterocycles. The maximum Gasteiger partial charge on any atom is 0.269 e. The summed E-state index contributed by atoms with van der Waals surface area (Å²) in [6.45, 7) is 6.08. The highest BCUT2D eigenvalue weighted by atomic mass is 16.6. The molecule has 0 aromatic heterocycles. The first kappa shape index (κ1) is 11.7. The van der Waals surface area contributed by atoms with Gasteiger partial charge in [-0.05, 0) is 23.5 Å². The molecule has 0 heterocycles. The molecular formula is C12H16NO2. The summed E-state index contributed by atoms with van der Waals surface area (Å²) >= 11 is 0. The Hall–Kier alpha value is -1.38. The Balaban J connectivity index is 3.14. The predicted molar refractivity (Wildman–Crippen MR) is 60.8 cm³/mol. The van der Waals surface area contributed by atoms with Crippen LogP contribution in [0.1, 0.15) is 38.3 Å². The number of aryl methyl sites for hydroxylation is 1. The van der Waals surface area contributed by atoms with E-state index in [-0.39, 0.29) is 10.6 Å². The van der Waals surface area contributed by atoms with Crippen LogP contribution in [-0.2, 0) is 6.42 Å². The number of nitro benzene ring substituents is 1. The van der Waals surface area contributed by atoms with Gasteiger partial charge in [0, 0.05) is 12.1 Å². The lowest BCUT2D eigenvalue weighted by atomic mass is 9.94. The van der Waals surface area contributed by atoms with Gasteiger partial charge in [-0.3, -0.25) is 10.1 Å². The van der Waals surface area contributed by atoms with Gasteiger partial charge in [0.25, 0.3) is 5.69 Å². The van der Waals surface area contributed by atoms with E-state index in [4.69, 9.17) is 0 Å². The average Bonchev–Trinajstić information content (AvgIpc) is 2.18. The first-order valence-electron chi connectivity index (χ1n) is 5.14. The fourth-order valence-corrected chi connectivity index (χ4v) is 1.63. The average molecular weight is 206 g/mol. The number of benzene rings is 1. The number of hydrogen-bond donors (Lipinski definition) is 0. The minimum absolute atomic E-state index is 0.172. The SMILES string of the molecule is CCCc1ccc([N+](=O)[O-])cc1[C](C)C. The molecule has 15 heavy (non-hydrogen) atoms. The first-order valence-corrected chi connectivity index (χ1v) is 5.14. The van der Waals surface area contributed by atoms with Gasteiger partial charge in [0.1, 0.15) is 0 Å². The lowest BCUT2D eigenvalue weighted by molar-refractivity contribution is -0.384. The van der Waals surface area contributed by atoms with Crippen molar-refractivity contribution in [1.82, 2.24) is 0 Å². The molecule has 0 amide bonds. The zero-order valence-corrected chi connectivity index (χ0v) is 9.41. The van der Waals surface area contributed by atoms with Crippen LogP contribution in [0.4, 0.5) is 5.69 Å². The smallest absolute Gasteiger partial charge is 0.258 e. The van der Waals surface area contributed by atoms with Crippen molar-refractivity contribution in [1.29, 1.82) is 0 Å². The molecule has 81 valence electrons. The summed E-state index contributed by atoms with van der Waals surface area (Å²) in [5.41, 5.74) is 2.39. The van der Waals surface area contributed by atoms with Crippen molar-refractivity contribution < 1.29 is 4.92 Å². The second-order valence-electron chi connectivity index (χ2n) is 3.85. The molecule has 0 aliphatic rings. The predicted octanol–water partition coefficient (Wildman–Crippen LogP) is 3.51. The van der Waals surface area contributed by atoms with Crippen LogP contribution >= 0.6 is 0 Å². The summed E-state index contributed by atoms with van der Waals surface area (Å²) in [5, 5.41) is 10.6. The van der Waals surface area contributed by atoms with Gasteiger partial charge >= 0.3 is 0 Å². The molecule has 0 saturated heterocycles. The zero-order chi connectivity index (χ0) is 11.4. The van der Waals surface area contributed by atoms with Crippen LogP contribution in [0.15, 0.2) is 18.2 Å². The number of nitro groups is 1. The van der Waals surface area contributed by atoms with Crippen molar-refractivity contribution in [3.63, 3.8) is 0 Å². The summed E-state index contributed by atoms with van der Waals surface area (Å²) in [6.07, 6.45) is 2.02. The van der Waals surface area contributed by atoms with E-state index in [1.807, 2.05) is 19.9 Å². The molecule has 1 aromatic rings. The lowest BCUT2D eigenvalue weighted by Crippen LogP contribution is -1.99. The zero-order valence-electron chi connectivity index (χ0n) is 9.41. The van der Waals surface area contributed by atoms with Gasteiger partial charge in [-0.15, -0.1) is 0 Å². The quantitative estimate of drug-likeness (QED) is 0.559. The van der Waals surface area contributed by atoms with Gasteiger partial charge in [-0.2, -0.15) is 0 Å². The topological polar surface area (TPSA) is 43.1 Å². The van der Waals surface area contributed by atoms with Crippen LogP contribution in [0.2, 0.25) is 0 Å². The summed E-state index contributed by atoms with van der Waals surface area (Å²) in [4.78, 5) is 10.3. The van der Waals surface area contributed by atoms with Crippen LogP contribution in [0.3, 0.4) is 0 Å². The monoisotopic (exact) mass is 206 g/mol. The van der Waals surface area contributed by atoms with Gasteiger partial charge in [0.15, 0.2) is 0 Å². The summed E-state index contributed by atoms with van der Waals surface area (Å²) in [6, 6.07) is 5.11. The molecule has 3 nitrogen and oxygen atoms in total. The van der Waals surface area contributed by atoms with Crippen molar-refractivity contribution in [2.24, 2.45) is 0 Å². The summed E-state index contributed by atoms with van der Waals surface area (Å²) < 4.78 is 0. The molecule has 0 atom stereocenters. The first-order chi connectivity index (χ1) is 7.06. The van der Waals surface area contributed by atoms with E-state index in [1.54, 1.807) is 12.1 Å². The molecule has 0 spiro atoms. The van der Waals surface area contributed by atoms with Crippen LogP contribution in [-0.4, -0.2) is 4.92 Å². The largest absolute Gasteiger partial charge is 0.269 e. The van der Waals surface area contributed by atoms with E-state index in [0.717, 1.165) is 24.3 Å². The highest BCUT2D eigenvalue weighted by Crippen LogP contribution is 2.24. The van der Waals surface area contributed by atoms with Gasteiger partial charge in [-0.25, -0.2) is 0 Å². The Kier molecular flexibility index (Phi) is 3.83. The second kappa shape index (κ2) is 4.91. The normalized spacial score (nSPS) is 10.7. The molecule has 0 aliphatic carbocycles. The number of non-ortho nitro benzene ring substituents is 1. The van der Waals surface area contributed by atoms with E-state index < -0.39 is 0 Å². The molecule has 3 heteroatoms. The van der Waals surface area contributed by atoms with Crippen LogP contribution < -0.4 is 0 Å².